The lowest BCUT2D eigenvalue weighted by molar-refractivity contribution is -0.218. The lowest BCUT2D eigenvalue weighted by Gasteiger charge is -2.35. The molecular formula is C22H41NO5. The summed E-state index contributed by atoms with van der Waals surface area (Å²) in [6.07, 6.45) is 12.0. The number of ether oxygens (including phenoxy) is 2. The summed E-state index contributed by atoms with van der Waals surface area (Å²) in [5.74, 6) is -1.68. The molecule has 1 saturated heterocycles. The number of unbranched alkanes of at least 4 members (excludes halogenated alkanes) is 2. The maximum atomic E-state index is 10.9. The van der Waals surface area contributed by atoms with E-state index >= 15 is 0 Å². The maximum absolute atomic E-state index is 10.9. The third-order valence-corrected chi connectivity index (χ3v) is 5.99. The van der Waals surface area contributed by atoms with E-state index in [1.54, 1.807) is 21.1 Å². The number of hydrogen-bond donors (Lipinski definition) is 2. The quantitative estimate of drug-likeness (QED) is 0.247. The van der Waals surface area contributed by atoms with Gasteiger partial charge in [0.05, 0.1) is 18.1 Å². The van der Waals surface area contributed by atoms with Gasteiger partial charge in [0.25, 0.3) is 0 Å². The van der Waals surface area contributed by atoms with Crippen molar-refractivity contribution in [3.05, 3.63) is 12.2 Å². The molecule has 6 heteroatoms. The molecule has 0 amide bonds. The van der Waals surface area contributed by atoms with Crippen molar-refractivity contribution in [1.29, 1.82) is 0 Å². The lowest BCUT2D eigenvalue weighted by Crippen LogP contribution is -2.47. The van der Waals surface area contributed by atoms with Gasteiger partial charge in [-0.2, -0.15) is 0 Å². The molecule has 0 saturated carbocycles. The largest absolute Gasteiger partial charge is 0.481 e. The number of aliphatic hydroxyl groups excluding tert-OH is 1. The van der Waals surface area contributed by atoms with Gasteiger partial charge in [0.2, 0.25) is 0 Å². The first-order chi connectivity index (χ1) is 13.4. The van der Waals surface area contributed by atoms with Gasteiger partial charge >= 0.3 is 5.97 Å². The van der Waals surface area contributed by atoms with Crippen LogP contribution >= 0.6 is 0 Å². The molecule has 164 valence electrons. The Bertz CT molecular complexity index is 464. The van der Waals surface area contributed by atoms with Crippen molar-refractivity contribution in [3.8, 4) is 0 Å². The van der Waals surface area contributed by atoms with Crippen LogP contribution in [0.3, 0.4) is 0 Å². The van der Waals surface area contributed by atoms with E-state index in [2.05, 4.69) is 24.0 Å². The molecule has 2 N–H and O–H groups in total. The molecule has 0 aliphatic carbocycles. The molecule has 2 unspecified atom stereocenters. The van der Waals surface area contributed by atoms with Crippen LogP contribution in [0.5, 0.6) is 0 Å². The zero-order valence-corrected chi connectivity index (χ0v) is 18.2. The van der Waals surface area contributed by atoms with E-state index in [1.807, 2.05) is 0 Å². The van der Waals surface area contributed by atoms with Crippen LogP contribution in [0.1, 0.15) is 71.6 Å². The highest BCUT2D eigenvalue weighted by atomic mass is 16.7. The molecule has 28 heavy (non-hydrogen) atoms. The van der Waals surface area contributed by atoms with E-state index in [0.29, 0.717) is 6.42 Å². The average Bonchev–Trinajstić information content (AvgIpc) is 3.04. The Morgan fingerprint density at radius 1 is 1.21 bits per heavy atom. The minimum absolute atomic E-state index is 0.0958. The van der Waals surface area contributed by atoms with Gasteiger partial charge in [-0.3, -0.25) is 9.69 Å². The van der Waals surface area contributed by atoms with Crippen molar-refractivity contribution in [2.75, 3.05) is 27.3 Å². The molecule has 3 atom stereocenters. The first-order valence-corrected chi connectivity index (χ1v) is 10.8. The van der Waals surface area contributed by atoms with Crippen molar-refractivity contribution in [1.82, 2.24) is 4.90 Å². The molecule has 1 aliphatic heterocycles. The number of likely N-dealkylation sites (tertiary alicyclic amines) is 1. The Balaban J connectivity index is 2.57. The minimum atomic E-state index is -0.745. The number of allylic oxidation sites excluding steroid dienone is 1. The third-order valence-electron chi connectivity index (χ3n) is 5.99. The highest BCUT2D eigenvalue weighted by Crippen LogP contribution is 2.35. The molecule has 0 aromatic carbocycles. The van der Waals surface area contributed by atoms with Gasteiger partial charge in [0.1, 0.15) is 0 Å². The van der Waals surface area contributed by atoms with Crippen LogP contribution in [0.4, 0.5) is 0 Å². The number of carboxylic acid groups (broad SMARTS) is 1. The van der Waals surface area contributed by atoms with Gasteiger partial charge in [0.15, 0.2) is 5.79 Å². The molecular weight excluding hydrogens is 358 g/mol. The van der Waals surface area contributed by atoms with E-state index in [4.69, 9.17) is 14.6 Å². The number of hydrogen-bond acceptors (Lipinski definition) is 5. The molecule has 1 heterocycles. The number of aliphatic hydroxyl groups is 1. The SMILES string of the molecule is CCCCCC(O)CCN1CCC(OC)(OC)[C@@H]1CC=CCCC(C)C(=O)O. The fourth-order valence-electron chi connectivity index (χ4n) is 3.96. The zero-order chi connectivity index (χ0) is 21.0. The van der Waals surface area contributed by atoms with Crippen LogP contribution < -0.4 is 0 Å². The Hall–Kier alpha value is -0.950. The smallest absolute Gasteiger partial charge is 0.306 e. The molecule has 1 aliphatic rings. The fraction of sp³-hybridized carbons (Fsp3) is 0.864. The molecule has 0 bridgehead atoms. The van der Waals surface area contributed by atoms with Crippen LogP contribution in [-0.2, 0) is 14.3 Å². The van der Waals surface area contributed by atoms with Crippen molar-refractivity contribution >= 4 is 5.97 Å². The van der Waals surface area contributed by atoms with E-state index < -0.39 is 11.8 Å². The Morgan fingerprint density at radius 3 is 2.54 bits per heavy atom. The van der Waals surface area contributed by atoms with Crippen LogP contribution in [0, 0.1) is 5.92 Å². The van der Waals surface area contributed by atoms with Gasteiger partial charge in [0, 0.05) is 33.7 Å². The molecule has 0 aromatic heterocycles. The zero-order valence-electron chi connectivity index (χ0n) is 18.2. The van der Waals surface area contributed by atoms with Gasteiger partial charge in [-0.1, -0.05) is 45.3 Å². The summed E-state index contributed by atoms with van der Waals surface area (Å²) in [4.78, 5) is 13.3. The molecule has 0 radical (unpaired) electrons. The van der Waals surface area contributed by atoms with E-state index in [9.17, 15) is 9.90 Å². The first kappa shape index (κ1) is 25.1. The van der Waals surface area contributed by atoms with Gasteiger partial charge < -0.3 is 19.7 Å². The van der Waals surface area contributed by atoms with Gasteiger partial charge in [-0.15, -0.1) is 0 Å². The summed E-state index contributed by atoms with van der Waals surface area (Å²) in [5.41, 5.74) is 0. The highest BCUT2D eigenvalue weighted by Gasteiger charge is 2.47. The molecule has 0 aromatic rings. The van der Waals surface area contributed by atoms with E-state index in [0.717, 1.165) is 51.6 Å². The van der Waals surface area contributed by atoms with Crippen LogP contribution in [0.15, 0.2) is 12.2 Å². The van der Waals surface area contributed by atoms with Gasteiger partial charge in [-0.25, -0.2) is 0 Å². The lowest BCUT2D eigenvalue weighted by atomic mass is 10.0. The summed E-state index contributed by atoms with van der Waals surface area (Å²) >= 11 is 0. The first-order valence-electron chi connectivity index (χ1n) is 10.8. The second-order valence-corrected chi connectivity index (χ2v) is 7.98. The normalized spacial score (nSPS) is 22.0. The van der Waals surface area contributed by atoms with E-state index in [-0.39, 0.29) is 18.1 Å². The number of rotatable bonds is 15. The maximum Gasteiger partial charge on any atom is 0.306 e. The number of methoxy groups -OCH3 is 2. The highest BCUT2D eigenvalue weighted by molar-refractivity contribution is 5.69. The second kappa shape index (κ2) is 13.3. The predicted molar refractivity (Wildman–Crippen MR) is 111 cm³/mol. The van der Waals surface area contributed by atoms with Crippen molar-refractivity contribution < 1.29 is 24.5 Å². The molecule has 0 spiro atoms. The average molecular weight is 400 g/mol. The standard InChI is InChI=1S/C22H41NO5/c1-5-6-8-12-19(24)14-16-23-17-15-22(27-3,28-4)20(23)13-10-7-9-11-18(2)21(25)26/h7,10,18-20,24H,5-6,8-9,11-17H2,1-4H3,(H,25,26)/t18?,19?,20-/m0/s1. The Kier molecular flexibility index (Phi) is 11.9. The predicted octanol–water partition coefficient (Wildman–Crippen LogP) is 3.83. The molecule has 1 fully saturated rings. The van der Waals surface area contributed by atoms with E-state index in [1.165, 1.54) is 12.8 Å². The summed E-state index contributed by atoms with van der Waals surface area (Å²) in [6.45, 7) is 5.63. The number of aliphatic carboxylic acids is 1. The third kappa shape index (κ3) is 7.82. The number of nitrogens with zero attached hydrogens (tertiary/aromatic N) is 1. The fourth-order valence-corrected chi connectivity index (χ4v) is 3.96. The van der Waals surface area contributed by atoms with Crippen LogP contribution in [0.2, 0.25) is 0 Å². The van der Waals surface area contributed by atoms with Crippen molar-refractivity contribution in [2.24, 2.45) is 5.92 Å². The summed E-state index contributed by atoms with van der Waals surface area (Å²) in [7, 11) is 3.38. The second-order valence-electron chi connectivity index (χ2n) is 7.98. The topological polar surface area (TPSA) is 79.2 Å². The summed E-state index contributed by atoms with van der Waals surface area (Å²) in [5, 5.41) is 19.2. The van der Waals surface area contributed by atoms with Crippen LogP contribution in [-0.4, -0.2) is 66.3 Å². The van der Waals surface area contributed by atoms with Crippen molar-refractivity contribution in [3.63, 3.8) is 0 Å². The summed E-state index contributed by atoms with van der Waals surface area (Å²) < 4.78 is 11.5. The number of carboxylic acids is 1. The number of carbonyl (C=O) groups is 1. The van der Waals surface area contributed by atoms with Crippen molar-refractivity contribution in [2.45, 2.75) is 89.6 Å². The molecule has 6 nitrogen and oxygen atoms in total. The minimum Gasteiger partial charge on any atom is -0.481 e. The monoisotopic (exact) mass is 399 g/mol. The van der Waals surface area contributed by atoms with Crippen LogP contribution in [0.25, 0.3) is 0 Å². The molecule has 1 rings (SSSR count). The summed E-state index contributed by atoms with van der Waals surface area (Å²) in [6, 6.07) is 0.0958. The Labute approximate surface area is 170 Å². The Morgan fingerprint density at radius 2 is 1.93 bits per heavy atom. The van der Waals surface area contributed by atoms with Gasteiger partial charge in [-0.05, 0) is 32.1 Å².